The molecule has 2 rings (SSSR count). The van der Waals surface area contributed by atoms with Crippen molar-refractivity contribution >= 4 is 6.03 Å². The number of nitrogens with zero attached hydrogens (tertiary/aromatic N) is 2. The highest BCUT2D eigenvalue weighted by Gasteiger charge is 2.24. The van der Waals surface area contributed by atoms with Gasteiger partial charge in [-0.05, 0) is 31.6 Å². The lowest BCUT2D eigenvalue weighted by Crippen LogP contribution is -2.48. The Morgan fingerprint density at radius 3 is 2.63 bits per heavy atom. The minimum absolute atomic E-state index is 0.138. The van der Waals surface area contributed by atoms with E-state index >= 15 is 0 Å². The Morgan fingerprint density at radius 2 is 2.05 bits per heavy atom. The van der Waals surface area contributed by atoms with E-state index in [-0.39, 0.29) is 6.03 Å². The van der Waals surface area contributed by atoms with Gasteiger partial charge in [0.1, 0.15) is 0 Å². The van der Waals surface area contributed by atoms with Crippen LogP contribution in [-0.2, 0) is 4.74 Å². The molecule has 2 aliphatic rings. The van der Waals surface area contributed by atoms with Gasteiger partial charge >= 0.3 is 6.03 Å². The Bertz CT molecular complexity index is 282. The molecule has 2 amide bonds. The lowest BCUT2D eigenvalue weighted by molar-refractivity contribution is 0.0527. The number of amides is 2. The Kier molecular flexibility index (Phi) is 5.45. The predicted molar refractivity (Wildman–Crippen MR) is 75.2 cm³/mol. The van der Waals surface area contributed by atoms with E-state index in [4.69, 9.17) is 4.74 Å². The monoisotopic (exact) mass is 269 g/mol. The highest BCUT2D eigenvalue weighted by Crippen LogP contribution is 2.15. The number of carbonyl (C=O) groups excluding carboxylic acids is 1. The minimum atomic E-state index is 0.138. The second-order valence-electron chi connectivity index (χ2n) is 5.93. The third-order valence-corrected chi connectivity index (χ3v) is 4.10. The van der Waals surface area contributed by atoms with Crippen LogP contribution in [-0.4, -0.2) is 68.8 Å². The zero-order valence-electron chi connectivity index (χ0n) is 12.2. The van der Waals surface area contributed by atoms with Crippen LogP contribution >= 0.6 is 0 Å². The number of hydrogen-bond donors (Lipinski definition) is 1. The summed E-state index contributed by atoms with van der Waals surface area (Å²) < 4.78 is 5.50. The second kappa shape index (κ2) is 7.10. The molecule has 0 aliphatic carbocycles. The van der Waals surface area contributed by atoms with Gasteiger partial charge in [0.05, 0.1) is 6.61 Å². The van der Waals surface area contributed by atoms with Gasteiger partial charge in [0.2, 0.25) is 0 Å². The molecule has 110 valence electrons. The molecular weight excluding hydrogens is 242 g/mol. The number of hydrogen-bond acceptors (Lipinski definition) is 3. The number of likely N-dealkylation sites (tertiary alicyclic amines) is 1. The second-order valence-corrected chi connectivity index (χ2v) is 5.93. The van der Waals surface area contributed by atoms with Crippen molar-refractivity contribution in [1.82, 2.24) is 15.1 Å². The molecule has 5 nitrogen and oxygen atoms in total. The maximum atomic E-state index is 11.8. The fraction of sp³-hybridized carbons (Fsp3) is 0.929. The fourth-order valence-corrected chi connectivity index (χ4v) is 2.86. The number of ether oxygens (including phenoxy) is 1. The molecule has 2 saturated heterocycles. The first-order valence-corrected chi connectivity index (χ1v) is 7.44. The molecule has 2 heterocycles. The molecule has 0 radical (unpaired) electrons. The minimum Gasteiger partial charge on any atom is -0.381 e. The van der Waals surface area contributed by atoms with Gasteiger partial charge in [-0.3, -0.25) is 0 Å². The molecule has 2 aliphatic heterocycles. The molecule has 1 atom stereocenters. The molecule has 2 fully saturated rings. The Balaban J connectivity index is 1.64. The maximum absolute atomic E-state index is 11.8. The van der Waals surface area contributed by atoms with Crippen molar-refractivity contribution in [2.45, 2.75) is 31.7 Å². The van der Waals surface area contributed by atoms with Crippen LogP contribution in [0.4, 0.5) is 4.79 Å². The van der Waals surface area contributed by atoms with Crippen LogP contribution in [0.5, 0.6) is 0 Å². The van der Waals surface area contributed by atoms with Crippen LogP contribution in [0.1, 0.15) is 25.7 Å². The number of urea groups is 1. The molecule has 19 heavy (non-hydrogen) atoms. The van der Waals surface area contributed by atoms with Gasteiger partial charge in [-0.25, -0.2) is 4.79 Å². The van der Waals surface area contributed by atoms with Gasteiger partial charge in [-0.1, -0.05) is 0 Å². The highest BCUT2D eigenvalue weighted by molar-refractivity contribution is 5.73. The number of piperidine rings is 1. The van der Waals surface area contributed by atoms with Crippen molar-refractivity contribution < 1.29 is 9.53 Å². The van der Waals surface area contributed by atoms with Crippen molar-refractivity contribution in [1.29, 1.82) is 0 Å². The molecule has 0 saturated carbocycles. The van der Waals surface area contributed by atoms with Crippen molar-refractivity contribution in [3.63, 3.8) is 0 Å². The highest BCUT2D eigenvalue weighted by atomic mass is 16.5. The molecule has 0 aromatic carbocycles. The molecule has 0 spiro atoms. The van der Waals surface area contributed by atoms with E-state index in [2.05, 4.69) is 5.32 Å². The summed E-state index contributed by atoms with van der Waals surface area (Å²) in [6.45, 7) is 4.64. The molecule has 0 aromatic heterocycles. The van der Waals surface area contributed by atoms with Gasteiger partial charge < -0.3 is 19.9 Å². The van der Waals surface area contributed by atoms with Gasteiger partial charge in [0.15, 0.2) is 0 Å². The van der Waals surface area contributed by atoms with Gasteiger partial charge in [0.25, 0.3) is 0 Å². The van der Waals surface area contributed by atoms with E-state index in [1.807, 2.05) is 19.0 Å². The Hall–Kier alpha value is -0.810. The summed E-state index contributed by atoms with van der Waals surface area (Å²) in [6.07, 6.45) is 4.60. The van der Waals surface area contributed by atoms with E-state index in [1.165, 1.54) is 12.8 Å². The molecule has 1 N–H and O–H groups in total. The summed E-state index contributed by atoms with van der Waals surface area (Å²) in [5, 5.41) is 3.65. The van der Waals surface area contributed by atoms with Crippen molar-refractivity contribution in [2.75, 3.05) is 46.9 Å². The number of carbonyl (C=O) groups is 1. The van der Waals surface area contributed by atoms with E-state index in [1.54, 1.807) is 4.90 Å². The van der Waals surface area contributed by atoms with Crippen LogP contribution in [0.15, 0.2) is 0 Å². The SMILES string of the molecule is CN(C)C(=O)N1CCC(NCC2CCCOC2)CC1. The van der Waals surface area contributed by atoms with Crippen LogP contribution in [0.3, 0.4) is 0 Å². The normalized spacial score (nSPS) is 25.4. The summed E-state index contributed by atoms with van der Waals surface area (Å²) in [5.74, 6) is 0.676. The summed E-state index contributed by atoms with van der Waals surface area (Å²) in [6, 6.07) is 0.701. The lowest BCUT2D eigenvalue weighted by atomic mass is 10.00. The fourth-order valence-electron chi connectivity index (χ4n) is 2.86. The first-order chi connectivity index (χ1) is 9.16. The average Bonchev–Trinajstić information content (AvgIpc) is 2.46. The molecule has 0 aromatic rings. The average molecular weight is 269 g/mol. The maximum Gasteiger partial charge on any atom is 0.319 e. The first kappa shape index (κ1) is 14.6. The number of rotatable bonds is 3. The van der Waals surface area contributed by atoms with E-state index < -0.39 is 0 Å². The zero-order chi connectivity index (χ0) is 13.7. The summed E-state index contributed by atoms with van der Waals surface area (Å²) >= 11 is 0. The van der Waals surface area contributed by atoms with Crippen LogP contribution in [0, 0.1) is 5.92 Å². The smallest absolute Gasteiger partial charge is 0.319 e. The first-order valence-electron chi connectivity index (χ1n) is 7.44. The molecular formula is C14H27N3O2. The van der Waals surface area contributed by atoms with Crippen molar-refractivity contribution in [3.05, 3.63) is 0 Å². The van der Waals surface area contributed by atoms with E-state index in [0.717, 1.165) is 45.7 Å². The van der Waals surface area contributed by atoms with Crippen LogP contribution in [0.2, 0.25) is 0 Å². The largest absolute Gasteiger partial charge is 0.381 e. The number of nitrogens with one attached hydrogen (secondary N) is 1. The standard InChI is InChI=1S/C14H27N3O2/c1-16(2)14(18)17-7-5-13(6-8-17)15-10-12-4-3-9-19-11-12/h12-13,15H,3-11H2,1-2H3. The molecule has 0 bridgehead atoms. The van der Waals surface area contributed by atoms with Crippen LogP contribution < -0.4 is 5.32 Å². The van der Waals surface area contributed by atoms with Crippen molar-refractivity contribution in [2.24, 2.45) is 5.92 Å². The molecule has 5 heteroatoms. The zero-order valence-corrected chi connectivity index (χ0v) is 12.2. The van der Waals surface area contributed by atoms with Crippen molar-refractivity contribution in [3.8, 4) is 0 Å². The van der Waals surface area contributed by atoms with Gasteiger partial charge in [-0.2, -0.15) is 0 Å². The summed E-state index contributed by atoms with van der Waals surface area (Å²) in [7, 11) is 3.63. The third kappa shape index (κ3) is 4.35. The topological polar surface area (TPSA) is 44.8 Å². The lowest BCUT2D eigenvalue weighted by Gasteiger charge is -2.35. The predicted octanol–water partition coefficient (Wildman–Crippen LogP) is 1.15. The van der Waals surface area contributed by atoms with E-state index in [0.29, 0.717) is 12.0 Å². The molecule has 1 unspecified atom stereocenters. The Labute approximate surface area is 116 Å². The quantitative estimate of drug-likeness (QED) is 0.836. The summed E-state index contributed by atoms with van der Waals surface area (Å²) in [5.41, 5.74) is 0. The van der Waals surface area contributed by atoms with E-state index in [9.17, 15) is 4.79 Å². The van der Waals surface area contributed by atoms with Crippen LogP contribution in [0.25, 0.3) is 0 Å². The Morgan fingerprint density at radius 1 is 1.32 bits per heavy atom. The summed E-state index contributed by atoms with van der Waals surface area (Å²) in [4.78, 5) is 15.4. The van der Waals surface area contributed by atoms with Gasteiger partial charge in [-0.15, -0.1) is 0 Å². The van der Waals surface area contributed by atoms with Gasteiger partial charge in [0, 0.05) is 46.4 Å². The third-order valence-electron chi connectivity index (χ3n) is 4.10.